The Morgan fingerprint density at radius 3 is 2.06 bits per heavy atom. The third kappa shape index (κ3) is 6.46. The lowest BCUT2D eigenvalue weighted by Crippen LogP contribution is -2.50. The van der Waals surface area contributed by atoms with E-state index >= 15 is 0 Å². The zero-order valence-corrected chi connectivity index (χ0v) is 10.1. The molecule has 2 amide bonds. The SMILES string of the molecule is CC(=O)NC(C)C(=O)NC(CCC(=O)O)C(=O)O. The van der Waals surface area contributed by atoms with Gasteiger partial charge in [-0.1, -0.05) is 0 Å². The monoisotopic (exact) mass is 260 g/mol. The third-order valence-electron chi connectivity index (χ3n) is 2.07. The third-order valence-corrected chi connectivity index (χ3v) is 2.07. The molecule has 2 atom stereocenters. The summed E-state index contributed by atoms with van der Waals surface area (Å²) in [5, 5.41) is 21.7. The zero-order chi connectivity index (χ0) is 14.3. The first kappa shape index (κ1) is 15.9. The van der Waals surface area contributed by atoms with Gasteiger partial charge in [0.1, 0.15) is 12.1 Å². The molecule has 8 nitrogen and oxygen atoms in total. The molecule has 0 heterocycles. The quantitative estimate of drug-likeness (QED) is 0.461. The van der Waals surface area contributed by atoms with Crippen molar-refractivity contribution >= 4 is 23.8 Å². The fraction of sp³-hybridized carbons (Fsp3) is 0.600. The summed E-state index contributed by atoms with van der Waals surface area (Å²) in [5.41, 5.74) is 0. The fourth-order valence-electron chi connectivity index (χ4n) is 1.19. The van der Waals surface area contributed by atoms with E-state index in [4.69, 9.17) is 10.2 Å². The molecule has 0 aliphatic rings. The number of carboxylic acids is 2. The molecule has 102 valence electrons. The van der Waals surface area contributed by atoms with Gasteiger partial charge in [0.05, 0.1) is 0 Å². The van der Waals surface area contributed by atoms with Crippen LogP contribution in [-0.2, 0) is 19.2 Å². The van der Waals surface area contributed by atoms with Crippen molar-refractivity contribution < 1.29 is 29.4 Å². The van der Waals surface area contributed by atoms with Crippen molar-refractivity contribution in [3.05, 3.63) is 0 Å². The van der Waals surface area contributed by atoms with E-state index in [2.05, 4.69) is 10.6 Å². The topological polar surface area (TPSA) is 133 Å². The summed E-state index contributed by atoms with van der Waals surface area (Å²) in [6, 6.07) is -2.17. The fourth-order valence-corrected chi connectivity index (χ4v) is 1.19. The number of carbonyl (C=O) groups is 4. The molecule has 8 heteroatoms. The maximum atomic E-state index is 11.5. The summed E-state index contributed by atoms with van der Waals surface area (Å²) in [7, 11) is 0. The molecule has 4 N–H and O–H groups in total. The van der Waals surface area contributed by atoms with Crippen LogP contribution in [0.25, 0.3) is 0 Å². The van der Waals surface area contributed by atoms with Gasteiger partial charge in [-0.2, -0.15) is 0 Å². The van der Waals surface area contributed by atoms with Crippen molar-refractivity contribution in [2.75, 3.05) is 0 Å². The largest absolute Gasteiger partial charge is 0.481 e. The van der Waals surface area contributed by atoms with Crippen LogP contribution in [0.2, 0.25) is 0 Å². The van der Waals surface area contributed by atoms with Gasteiger partial charge in [-0.25, -0.2) is 4.79 Å². The molecule has 0 bridgehead atoms. The van der Waals surface area contributed by atoms with Gasteiger partial charge in [0.2, 0.25) is 11.8 Å². The first-order valence-corrected chi connectivity index (χ1v) is 5.26. The summed E-state index contributed by atoms with van der Waals surface area (Å²) in [6.07, 6.45) is -0.588. The minimum absolute atomic E-state index is 0.219. The van der Waals surface area contributed by atoms with Crippen molar-refractivity contribution in [1.82, 2.24) is 10.6 Å². The average Bonchev–Trinajstić information content (AvgIpc) is 2.21. The minimum atomic E-state index is -1.32. The Labute approximate surface area is 103 Å². The number of rotatable bonds is 7. The highest BCUT2D eigenvalue weighted by Gasteiger charge is 2.23. The molecule has 0 fully saturated rings. The first-order valence-electron chi connectivity index (χ1n) is 5.26. The van der Waals surface area contributed by atoms with Gasteiger partial charge in [-0.05, 0) is 13.3 Å². The number of aliphatic carboxylic acids is 2. The Hall–Kier alpha value is -2.12. The van der Waals surface area contributed by atoms with Crippen molar-refractivity contribution in [3.8, 4) is 0 Å². The maximum Gasteiger partial charge on any atom is 0.326 e. The highest BCUT2D eigenvalue weighted by atomic mass is 16.4. The molecule has 0 saturated heterocycles. The van der Waals surface area contributed by atoms with Crippen molar-refractivity contribution in [2.45, 2.75) is 38.8 Å². The summed E-state index contributed by atoms with van der Waals surface area (Å²) in [6.45, 7) is 2.62. The molecular weight excluding hydrogens is 244 g/mol. The number of nitrogens with one attached hydrogen (secondary N) is 2. The summed E-state index contributed by atoms with van der Waals surface area (Å²) < 4.78 is 0. The van der Waals surface area contributed by atoms with E-state index in [0.29, 0.717) is 0 Å². The molecule has 0 aromatic rings. The van der Waals surface area contributed by atoms with Gasteiger partial charge in [-0.3, -0.25) is 14.4 Å². The molecule has 0 saturated carbocycles. The second kappa shape index (κ2) is 7.25. The average molecular weight is 260 g/mol. The zero-order valence-electron chi connectivity index (χ0n) is 10.1. The van der Waals surface area contributed by atoms with Crippen LogP contribution in [0.1, 0.15) is 26.7 Å². The van der Waals surface area contributed by atoms with Crippen LogP contribution in [0.3, 0.4) is 0 Å². The second-order valence-electron chi connectivity index (χ2n) is 3.75. The smallest absolute Gasteiger partial charge is 0.326 e. The van der Waals surface area contributed by atoms with E-state index in [1.165, 1.54) is 13.8 Å². The lowest BCUT2D eigenvalue weighted by Gasteiger charge is -2.17. The lowest BCUT2D eigenvalue weighted by atomic mass is 10.1. The van der Waals surface area contributed by atoms with E-state index in [-0.39, 0.29) is 12.8 Å². The number of hydrogen-bond acceptors (Lipinski definition) is 4. The van der Waals surface area contributed by atoms with Crippen LogP contribution in [0.4, 0.5) is 0 Å². The molecule has 0 aliphatic carbocycles. The first-order chi connectivity index (χ1) is 8.23. The molecule has 0 rings (SSSR count). The van der Waals surface area contributed by atoms with Gasteiger partial charge in [-0.15, -0.1) is 0 Å². The number of carboxylic acid groups (broad SMARTS) is 2. The highest BCUT2D eigenvalue weighted by molar-refractivity contribution is 5.89. The Balaban J connectivity index is 4.40. The predicted octanol–water partition coefficient (Wildman–Crippen LogP) is -1.05. The summed E-state index contributed by atoms with van der Waals surface area (Å²) >= 11 is 0. The van der Waals surface area contributed by atoms with Crippen LogP contribution in [0.5, 0.6) is 0 Å². The Bertz CT molecular complexity index is 354. The van der Waals surface area contributed by atoms with Crippen LogP contribution in [0, 0.1) is 0 Å². The number of hydrogen-bond donors (Lipinski definition) is 4. The Kier molecular flexibility index (Phi) is 6.40. The van der Waals surface area contributed by atoms with E-state index < -0.39 is 35.8 Å². The Morgan fingerprint density at radius 1 is 1.11 bits per heavy atom. The molecule has 0 radical (unpaired) electrons. The number of carbonyl (C=O) groups excluding carboxylic acids is 2. The van der Waals surface area contributed by atoms with E-state index in [9.17, 15) is 19.2 Å². The van der Waals surface area contributed by atoms with Crippen molar-refractivity contribution in [1.29, 1.82) is 0 Å². The number of amides is 2. The maximum absolute atomic E-state index is 11.5. The summed E-state index contributed by atoms with van der Waals surface area (Å²) in [4.78, 5) is 43.3. The molecular formula is C10H16N2O6. The molecule has 0 aromatic heterocycles. The minimum Gasteiger partial charge on any atom is -0.481 e. The summed E-state index contributed by atoms with van der Waals surface area (Å²) in [5.74, 6) is -3.57. The van der Waals surface area contributed by atoms with Crippen molar-refractivity contribution in [3.63, 3.8) is 0 Å². The van der Waals surface area contributed by atoms with E-state index in [1.807, 2.05) is 0 Å². The van der Waals surface area contributed by atoms with Gasteiger partial charge >= 0.3 is 11.9 Å². The van der Waals surface area contributed by atoms with Gasteiger partial charge in [0.15, 0.2) is 0 Å². The van der Waals surface area contributed by atoms with E-state index in [1.54, 1.807) is 0 Å². The Morgan fingerprint density at radius 2 is 1.67 bits per heavy atom. The highest BCUT2D eigenvalue weighted by Crippen LogP contribution is 1.99. The van der Waals surface area contributed by atoms with Crippen LogP contribution in [0.15, 0.2) is 0 Å². The second-order valence-corrected chi connectivity index (χ2v) is 3.75. The predicted molar refractivity (Wildman–Crippen MR) is 59.7 cm³/mol. The van der Waals surface area contributed by atoms with Crippen LogP contribution >= 0.6 is 0 Å². The molecule has 0 aromatic carbocycles. The molecule has 18 heavy (non-hydrogen) atoms. The van der Waals surface area contributed by atoms with Gasteiger partial charge in [0, 0.05) is 13.3 Å². The van der Waals surface area contributed by atoms with Gasteiger partial charge in [0.25, 0.3) is 0 Å². The van der Waals surface area contributed by atoms with Crippen LogP contribution in [-0.4, -0.2) is 46.0 Å². The van der Waals surface area contributed by atoms with Gasteiger partial charge < -0.3 is 20.8 Å². The molecule has 0 aliphatic heterocycles. The van der Waals surface area contributed by atoms with E-state index in [0.717, 1.165) is 0 Å². The standard InChI is InChI=1S/C10H16N2O6/c1-5(11-6(2)13)9(16)12-7(10(17)18)3-4-8(14)15/h5,7H,3-4H2,1-2H3,(H,11,13)(H,12,16)(H,14,15)(H,17,18). The molecule has 0 spiro atoms. The lowest BCUT2D eigenvalue weighted by molar-refractivity contribution is -0.143. The normalized spacial score (nSPS) is 13.2. The molecule has 2 unspecified atom stereocenters. The van der Waals surface area contributed by atoms with Crippen molar-refractivity contribution in [2.24, 2.45) is 0 Å². The van der Waals surface area contributed by atoms with Crippen LogP contribution < -0.4 is 10.6 Å².